The van der Waals surface area contributed by atoms with Crippen LogP contribution in [0.1, 0.15) is 30.1 Å². The highest BCUT2D eigenvalue weighted by atomic mass is 32.2. The topological polar surface area (TPSA) is 53.3 Å². The smallest absolute Gasteiger partial charge is 0.238 e. The van der Waals surface area contributed by atoms with E-state index in [2.05, 4.69) is 6.07 Å². The van der Waals surface area contributed by atoms with E-state index in [1.54, 1.807) is 17.8 Å². The minimum Gasteiger partial charge on any atom is -0.370 e. The van der Waals surface area contributed by atoms with Crippen LogP contribution in [0.25, 0.3) is 0 Å². The van der Waals surface area contributed by atoms with E-state index in [0.29, 0.717) is 25.3 Å². The lowest BCUT2D eigenvalue weighted by atomic mass is 10.0. The second-order valence-corrected chi connectivity index (χ2v) is 6.74. The predicted molar refractivity (Wildman–Crippen MR) is 81.9 cm³/mol. The van der Waals surface area contributed by atoms with Gasteiger partial charge in [0.25, 0.3) is 0 Å². The Kier molecular flexibility index (Phi) is 3.92. The summed E-state index contributed by atoms with van der Waals surface area (Å²) in [4.78, 5) is 14.5. The molecule has 1 atom stereocenters. The molecule has 1 aromatic rings. The minimum absolute atomic E-state index is 0.131. The van der Waals surface area contributed by atoms with Gasteiger partial charge in [-0.25, -0.2) is 0 Å². The molecular weight excluding hydrogens is 284 g/mol. The van der Waals surface area contributed by atoms with Gasteiger partial charge in [-0.1, -0.05) is 12.1 Å². The number of ether oxygens (including phenoxy) is 1. The van der Waals surface area contributed by atoms with Crippen LogP contribution in [0.4, 0.5) is 0 Å². The Bertz CT molecular complexity index is 592. The van der Waals surface area contributed by atoms with Crippen LogP contribution in [0.3, 0.4) is 0 Å². The summed E-state index contributed by atoms with van der Waals surface area (Å²) in [5.41, 5.74) is 1.60. The first kappa shape index (κ1) is 14.4. The number of hydrogen-bond acceptors (Lipinski definition) is 4. The first-order valence-corrected chi connectivity index (χ1v) is 8.37. The van der Waals surface area contributed by atoms with E-state index in [4.69, 9.17) is 10.00 Å². The zero-order valence-corrected chi connectivity index (χ0v) is 12.9. The fourth-order valence-corrected chi connectivity index (χ4v) is 3.56. The molecule has 0 spiro atoms. The predicted octanol–water partition coefficient (Wildman–Crippen LogP) is 2.35. The van der Waals surface area contributed by atoms with E-state index in [1.165, 1.54) is 0 Å². The number of nitriles is 1. The molecule has 5 heteroatoms. The number of morpholine rings is 1. The van der Waals surface area contributed by atoms with E-state index in [9.17, 15) is 4.79 Å². The van der Waals surface area contributed by atoms with Gasteiger partial charge in [0.1, 0.15) is 6.10 Å². The van der Waals surface area contributed by atoms with Crippen LogP contribution in [0, 0.1) is 11.3 Å². The molecule has 3 rings (SSSR count). The molecule has 1 saturated carbocycles. The highest BCUT2D eigenvalue weighted by Gasteiger charge is 2.51. The van der Waals surface area contributed by atoms with Gasteiger partial charge in [-0.05, 0) is 36.8 Å². The lowest BCUT2D eigenvalue weighted by Gasteiger charge is -2.35. The summed E-state index contributed by atoms with van der Waals surface area (Å²) >= 11 is 1.67. The number of benzene rings is 1. The summed E-state index contributed by atoms with van der Waals surface area (Å²) in [6.07, 6.45) is 3.85. The molecule has 2 fully saturated rings. The lowest BCUT2D eigenvalue weighted by molar-refractivity contribution is -0.139. The minimum atomic E-state index is -0.170. The normalized spacial score (nSPS) is 23.4. The number of hydrogen-bond donors (Lipinski definition) is 0. The molecule has 110 valence electrons. The van der Waals surface area contributed by atoms with Crippen LogP contribution >= 0.6 is 11.8 Å². The third-order valence-corrected chi connectivity index (χ3v) is 5.59. The molecule has 1 amide bonds. The fourth-order valence-electron chi connectivity index (χ4n) is 2.75. The second kappa shape index (κ2) is 5.70. The highest BCUT2D eigenvalue weighted by molar-refractivity contribution is 8.01. The van der Waals surface area contributed by atoms with Crippen LogP contribution in [0.5, 0.6) is 0 Å². The van der Waals surface area contributed by atoms with Gasteiger partial charge in [0.05, 0.1) is 29.5 Å². The van der Waals surface area contributed by atoms with Crippen molar-refractivity contribution in [1.29, 1.82) is 5.26 Å². The number of thioether (sulfide) groups is 1. The van der Waals surface area contributed by atoms with Crippen molar-refractivity contribution in [2.24, 2.45) is 0 Å². The zero-order valence-electron chi connectivity index (χ0n) is 12.0. The third kappa shape index (κ3) is 2.78. The van der Waals surface area contributed by atoms with E-state index in [-0.39, 0.29) is 16.8 Å². The van der Waals surface area contributed by atoms with Gasteiger partial charge in [-0.2, -0.15) is 5.26 Å². The Morgan fingerprint density at radius 2 is 2.33 bits per heavy atom. The van der Waals surface area contributed by atoms with Crippen molar-refractivity contribution >= 4 is 17.7 Å². The van der Waals surface area contributed by atoms with Crippen LogP contribution in [-0.2, 0) is 9.53 Å². The molecule has 0 bridgehead atoms. The van der Waals surface area contributed by atoms with Gasteiger partial charge in [-0.15, -0.1) is 11.8 Å². The quantitative estimate of drug-likeness (QED) is 0.860. The molecule has 0 unspecified atom stereocenters. The Morgan fingerprint density at radius 1 is 1.52 bits per heavy atom. The maximum absolute atomic E-state index is 12.6. The van der Waals surface area contributed by atoms with Crippen LogP contribution in [-0.4, -0.2) is 41.5 Å². The van der Waals surface area contributed by atoms with Crippen molar-refractivity contribution in [2.75, 3.05) is 26.0 Å². The van der Waals surface area contributed by atoms with Crippen molar-refractivity contribution in [3.8, 4) is 6.07 Å². The summed E-state index contributed by atoms with van der Waals surface area (Å²) in [6, 6.07) is 9.59. The molecule has 1 aromatic carbocycles. The van der Waals surface area contributed by atoms with E-state index >= 15 is 0 Å². The molecule has 0 N–H and O–H groups in total. The maximum Gasteiger partial charge on any atom is 0.238 e. The van der Waals surface area contributed by atoms with Gasteiger partial charge in [0.15, 0.2) is 0 Å². The van der Waals surface area contributed by atoms with E-state index < -0.39 is 0 Å². The number of nitrogens with zero attached hydrogens (tertiary/aromatic N) is 2. The molecule has 1 heterocycles. The molecule has 0 radical (unpaired) electrons. The van der Waals surface area contributed by atoms with Crippen LogP contribution in [0.15, 0.2) is 24.3 Å². The average Bonchev–Trinajstić information content (AvgIpc) is 3.35. The number of carbonyl (C=O) groups excluding carboxylic acids is 1. The second-order valence-electron chi connectivity index (χ2n) is 5.55. The average molecular weight is 302 g/mol. The van der Waals surface area contributed by atoms with Gasteiger partial charge < -0.3 is 9.64 Å². The lowest BCUT2D eigenvalue weighted by Crippen LogP contribution is -2.46. The molecule has 1 aliphatic carbocycles. The summed E-state index contributed by atoms with van der Waals surface area (Å²) in [5.74, 6) is 0.250. The molecule has 4 nitrogen and oxygen atoms in total. The Balaban J connectivity index is 1.74. The standard InChI is InChI=1S/C16H18N2O2S/c1-21-16(5-6-16)15(19)18-7-8-20-14(11-18)13-4-2-3-12(9-13)10-17/h2-4,9,14H,5-8,11H2,1H3/t14-/m1/s1. The van der Waals surface area contributed by atoms with Gasteiger partial charge in [-0.3, -0.25) is 4.79 Å². The summed E-state index contributed by atoms with van der Waals surface area (Å²) in [5, 5.41) is 8.99. The maximum atomic E-state index is 12.6. The molecule has 1 saturated heterocycles. The number of rotatable bonds is 3. The molecule has 1 aliphatic heterocycles. The fraction of sp³-hybridized carbons (Fsp3) is 0.500. The summed E-state index contributed by atoms with van der Waals surface area (Å²) in [6.45, 7) is 1.79. The molecule has 21 heavy (non-hydrogen) atoms. The van der Waals surface area contributed by atoms with E-state index in [0.717, 1.165) is 18.4 Å². The number of carbonyl (C=O) groups is 1. The van der Waals surface area contributed by atoms with Crippen LogP contribution in [0.2, 0.25) is 0 Å². The number of amides is 1. The zero-order chi connectivity index (χ0) is 14.9. The van der Waals surface area contributed by atoms with Gasteiger partial charge >= 0.3 is 0 Å². The highest BCUT2D eigenvalue weighted by Crippen LogP contribution is 2.48. The molecular formula is C16H18N2O2S. The van der Waals surface area contributed by atoms with Gasteiger partial charge in [0.2, 0.25) is 5.91 Å². The third-order valence-electron chi connectivity index (χ3n) is 4.23. The first-order chi connectivity index (χ1) is 10.2. The van der Waals surface area contributed by atoms with Crippen molar-refractivity contribution < 1.29 is 9.53 Å². The molecule has 0 aromatic heterocycles. The largest absolute Gasteiger partial charge is 0.370 e. The summed E-state index contributed by atoms with van der Waals surface area (Å²) in [7, 11) is 0. The van der Waals surface area contributed by atoms with Gasteiger partial charge in [0, 0.05) is 6.54 Å². The molecule has 2 aliphatic rings. The van der Waals surface area contributed by atoms with Crippen molar-refractivity contribution in [1.82, 2.24) is 4.90 Å². The Hall–Kier alpha value is -1.51. The van der Waals surface area contributed by atoms with E-state index in [1.807, 2.05) is 29.4 Å². The Morgan fingerprint density at radius 3 is 3.00 bits per heavy atom. The SMILES string of the molecule is CSC1(C(=O)N2CCO[C@@H](c3cccc(C#N)c3)C2)CC1. The van der Waals surface area contributed by atoms with Crippen molar-refractivity contribution in [3.63, 3.8) is 0 Å². The van der Waals surface area contributed by atoms with Crippen LogP contribution < -0.4 is 0 Å². The van der Waals surface area contributed by atoms with Crippen molar-refractivity contribution in [2.45, 2.75) is 23.7 Å². The monoisotopic (exact) mass is 302 g/mol. The van der Waals surface area contributed by atoms with Crippen molar-refractivity contribution in [3.05, 3.63) is 35.4 Å². The Labute approximate surface area is 129 Å². The first-order valence-electron chi connectivity index (χ1n) is 7.15. The summed E-state index contributed by atoms with van der Waals surface area (Å²) < 4.78 is 5.63.